The van der Waals surface area contributed by atoms with Gasteiger partial charge in [0.15, 0.2) is 0 Å². The molecule has 1 rings (SSSR count). The molecule has 0 unspecified atom stereocenters. The van der Waals surface area contributed by atoms with Crippen molar-refractivity contribution < 1.29 is 0 Å². The molecule has 0 spiro atoms. The van der Waals surface area contributed by atoms with Crippen LogP contribution in [0.3, 0.4) is 0 Å². The number of rotatable bonds is 1. The van der Waals surface area contributed by atoms with Crippen LogP contribution in [-0.4, -0.2) is 16.0 Å². The van der Waals surface area contributed by atoms with Crippen LogP contribution in [0.15, 0.2) is 17.3 Å². The van der Waals surface area contributed by atoms with Crippen LogP contribution < -0.4 is 0 Å². The highest BCUT2D eigenvalue weighted by atomic mass is 32.2. The Labute approximate surface area is 52.9 Å². The summed E-state index contributed by atoms with van der Waals surface area (Å²) in [6.07, 6.45) is 3.81. The van der Waals surface area contributed by atoms with Crippen LogP contribution in [0.5, 0.6) is 0 Å². The van der Waals surface area contributed by atoms with Gasteiger partial charge in [-0.3, -0.25) is 4.68 Å². The molecule has 0 bridgehead atoms. The van der Waals surface area contributed by atoms with Gasteiger partial charge < -0.3 is 0 Å². The second-order valence-corrected chi connectivity index (χ2v) is 2.22. The molecule has 0 aliphatic rings. The zero-order valence-electron chi connectivity index (χ0n) is 4.66. The van der Waals surface area contributed by atoms with E-state index < -0.39 is 0 Å². The van der Waals surface area contributed by atoms with Gasteiger partial charge in [0.2, 0.25) is 0 Å². The molecule has 0 aliphatic heterocycles. The van der Waals surface area contributed by atoms with E-state index in [0.29, 0.717) is 0 Å². The highest BCUT2D eigenvalue weighted by molar-refractivity contribution is 7.98. The Morgan fingerprint density at radius 3 is 2.88 bits per heavy atom. The van der Waals surface area contributed by atoms with Crippen molar-refractivity contribution in [3.63, 3.8) is 0 Å². The van der Waals surface area contributed by atoms with Crippen molar-refractivity contribution in [2.75, 3.05) is 6.26 Å². The molecule has 1 aromatic rings. The molecule has 0 fully saturated rings. The van der Waals surface area contributed by atoms with E-state index >= 15 is 0 Å². The summed E-state index contributed by atoms with van der Waals surface area (Å²) in [7, 11) is 3.58. The first-order valence-corrected chi connectivity index (χ1v) is 3.46. The Kier molecular flexibility index (Phi) is 1.58. The lowest BCUT2D eigenvalue weighted by atomic mass is 10.7. The van der Waals surface area contributed by atoms with Crippen LogP contribution in [-0.2, 0) is 0 Å². The van der Waals surface area contributed by atoms with Gasteiger partial charge in [-0.1, -0.05) is 0 Å². The van der Waals surface area contributed by atoms with Gasteiger partial charge in [0.1, 0.15) is 5.03 Å². The quantitative estimate of drug-likeness (QED) is 0.528. The topological polar surface area (TPSA) is 17.8 Å². The Hall–Kier alpha value is -0.440. The summed E-state index contributed by atoms with van der Waals surface area (Å²) >= 11 is 1.62. The average molecular weight is 127 g/mol. The molecule has 8 heavy (non-hydrogen) atoms. The van der Waals surface area contributed by atoms with Gasteiger partial charge in [0, 0.05) is 6.20 Å². The first-order valence-electron chi connectivity index (χ1n) is 2.23. The van der Waals surface area contributed by atoms with Crippen LogP contribution in [0, 0.1) is 7.05 Å². The molecule has 43 valence electrons. The van der Waals surface area contributed by atoms with E-state index in [0.717, 1.165) is 5.03 Å². The Bertz CT molecular complexity index is 171. The maximum atomic E-state index is 4.00. The van der Waals surface area contributed by atoms with E-state index in [4.69, 9.17) is 0 Å². The number of thioether (sulfide) groups is 1. The second kappa shape index (κ2) is 2.22. The molecule has 0 saturated carbocycles. The molecule has 0 N–H and O–H groups in total. The largest absolute Gasteiger partial charge is 0.270 e. The molecule has 1 heterocycles. The fourth-order valence-corrected chi connectivity index (χ4v) is 0.835. The smallest absolute Gasteiger partial charge is 0.118 e. The fourth-order valence-electron chi connectivity index (χ4n) is 0.452. The van der Waals surface area contributed by atoms with Gasteiger partial charge in [-0.15, -0.1) is 11.8 Å². The summed E-state index contributed by atoms with van der Waals surface area (Å²) in [5.41, 5.74) is 0. The van der Waals surface area contributed by atoms with Gasteiger partial charge in [-0.05, 0) is 12.3 Å². The van der Waals surface area contributed by atoms with Gasteiger partial charge in [-0.2, -0.15) is 5.10 Å². The molecule has 0 aromatic carbocycles. The van der Waals surface area contributed by atoms with E-state index in [2.05, 4.69) is 12.1 Å². The third-order valence-corrected chi connectivity index (χ3v) is 1.46. The van der Waals surface area contributed by atoms with Crippen molar-refractivity contribution in [2.24, 2.45) is 0 Å². The molecule has 0 aliphatic carbocycles. The van der Waals surface area contributed by atoms with E-state index in [9.17, 15) is 0 Å². The van der Waals surface area contributed by atoms with E-state index in [-0.39, 0.29) is 0 Å². The maximum Gasteiger partial charge on any atom is 0.118 e. The zero-order valence-corrected chi connectivity index (χ0v) is 5.48. The fraction of sp³-hybridized carbons (Fsp3) is 0.200. The first kappa shape index (κ1) is 5.69. The van der Waals surface area contributed by atoms with Gasteiger partial charge in [-0.25, -0.2) is 0 Å². The van der Waals surface area contributed by atoms with Crippen molar-refractivity contribution in [1.29, 1.82) is 0 Å². The van der Waals surface area contributed by atoms with E-state index in [1.807, 2.05) is 18.5 Å². The summed E-state index contributed by atoms with van der Waals surface area (Å²) in [6, 6.07) is 1.93. The summed E-state index contributed by atoms with van der Waals surface area (Å²) in [6.45, 7) is 0. The maximum absolute atomic E-state index is 4.00. The highest BCUT2D eigenvalue weighted by Crippen LogP contribution is 2.08. The van der Waals surface area contributed by atoms with Crippen LogP contribution in [0.1, 0.15) is 0 Å². The van der Waals surface area contributed by atoms with Crippen LogP contribution in [0.4, 0.5) is 0 Å². The second-order valence-electron chi connectivity index (χ2n) is 1.40. The highest BCUT2D eigenvalue weighted by Gasteiger charge is 1.89. The predicted molar refractivity (Wildman–Crippen MR) is 34.8 cm³/mol. The summed E-state index contributed by atoms with van der Waals surface area (Å²) in [4.78, 5) is 0. The van der Waals surface area contributed by atoms with Crippen LogP contribution in [0.25, 0.3) is 0 Å². The number of hydrogen-bond acceptors (Lipinski definition) is 2. The van der Waals surface area contributed by atoms with Crippen molar-refractivity contribution in [1.82, 2.24) is 9.78 Å². The molecule has 1 radical (unpaired) electrons. The van der Waals surface area contributed by atoms with Crippen LogP contribution in [0.2, 0.25) is 0 Å². The van der Waals surface area contributed by atoms with Gasteiger partial charge >= 0.3 is 0 Å². The minimum Gasteiger partial charge on any atom is -0.270 e. The standard InChI is InChI=1S/C5H7N2S/c1-7-4-3-5(6-7)8-2/h3-4H,1H2,2H3. The van der Waals surface area contributed by atoms with Crippen molar-refractivity contribution in [2.45, 2.75) is 5.03 Å². The molecule has 0 atom stereocenters. The number of aromatic nitrogens is 2. The molecule has 0 saturated heterocycles. The lowest BCUT2D eigenvalue weighted by Crippen LogP contribution is -1.82. The van der Waals surface area contributed by atoms with Gasteiger partial charge in [0.05, 0.1) is 7.05 Å². The third-order valence-electron chi connectivity index (χ3n) is 0.825. The molecule has 0 amide bonds. The zero-order chi connectivity index (χ0) is 5.98. The van der Waals surface area contributed by atoms with Crippen molar-refractivity contribution in [3.8, 4) is 0 Å². The summed E-state index contributed by atoms with van der Waals surface area (Å²) in [5, 5.41) is 5.01. The van der Waals surface area contributed by atoms with E-state index in [1.54, 1.807) is 16.4 Å². The number of hydrogen-bond donors (Lipinski definition) is 0. The molecular weight excluding hydrogens is 120 g/mol. The minimum atomic E-state index is 1.01. The Morgan fingerprint density at radius 2 is 2.62 bits per heavy atom. The van der Waals surface area contributed by atoms with Gasteiger partial charge in [0.25, 0.3) is 0 Å². The lowest BCUT2D eigenvalue weighted by Gasteiger charge is -1.83. The molecule has 2 nitrogen and oxygen atoms in total. The Morgan fingerprint density at radius 1 is 1.88 bits per heavy atom. The first-order chi connectivity index (χ1) is 3.83. The van der Waals surface area contributed by atoms with E-state index in [1.165, 1.54) is 0 Å². The Balaban J connectivity index is 2.84. The monoisotopic (exact) mass is 127 g/mol. The molecular formula is C5H7N2S. The molecule has 1 aromatic heterocycles. The lowest BCUT2D eigenvalue weighted by molar-refractivity contribution is 0.834. The minimum absolute atomic E-state index is 1.01. The normalized spacial score (nSPS) is 9.75. The summed E-state index contributed by atoms with van der Waals surface area (Å²) in [5.74, 6) is 0. The number of nitrogens with zero attached hydrogens (tertiary/aromatic N) is 2. The third kappa shape index (κ3) is 1.04. The van der Waals surface area contributed by atoms with Crippen LogP contribution >= 0.6 is 11.8 Å². The van der Waals surface area contributed by atoms with Crippen molar-refractivity contribution in [3.05, 3.63) is 19.3 Å². The molecule has 3 heteroatoms. The average Bonchev–Trinajstić information content (AvgIpc) is 2.14. The summed E-state index contributed by atoms with van der Waals surface area (Å²) < 4.78 is 1.55. The predicted octanol–water partition coefficient (Wildman–Crippen LogP) is 1.24. The SMILES string of the molecule is [CH2]n1ccc(SC)n1. The van der Waals surface area contributed by atoms with Crippen molar-refractivity contribution >= 4 is 11.8 Å².